The molecule has 2 aliphatic carbocycles. The van der Waals surface area contributed by atoms with E-state index in [1.165, 1.54) is 0 Å². The van der Waals surface area contributed by atoms with Gasteiger partial charge in [-0.05, 0) is 0 Å². The second kappa shape index (κ2) is 15.5. The first-order valence-corrected chi connectivity index (χ1v) is 6.90. The van der Waals surface area contributed by atoms with Crippen molar-refractivity contribution >= 4 is 9.52 Å². The van der Waals surface area contributed by atoms with Crippen molar-refractivity contribution in [1.82, 2.24) is 0 Å². The van der Waals surface area contributed by atoms with Gasteiger partial charge in [0.25, 0.3) is 0 Å². The van der Waals surface area contributed by atoms with Crippen LogP contribution in [-0.2, 0) is 25.8 Å². The molecule has 0 atom stereocenters. The third kappa shape index (κ3) is 14.6. The van der Waals surface area contributed by atoms with Crippen LogP contribution in [0.5, 0.6) is 0 Å². The van der Waals surface area contributed by atoms with Crippen molar-refractivity contribution in [3.05, 3.63) is 48.6 Å². The van der Waals surface area contributed by atoms with Crippen molar-refractivity contribution in [2.24, 2.45) is 0 Å². The Morgan fingerprint density at radius 1 is 0.929 bits per heavy atom. The van der Waals surface area contributed by atoms with E-state index in [-0.39, 0.29) is 25.8 Å². The van der Waals surface area contributed by atoms with Gasteiger partial charge in [-0.2, -0.15) is 12.2 Å². The minimum Gasteiger partial charge on any atom is -0.273 e. The molecule has 0 aliphatic heterocycles. The molecule has 0 amide bonds. The maximum Gasteiger partial charge on any atom is 0.0213 e. The van der Waals surface area contributed by atoms with Crippen LogP contribution in [-0.4, -0.2) is 9.52 Å². The van der Waals surface area contributed by atoms with Gasteiger partial charge >= 0.3 is 0 Å². The third-order valence-corrected chi connectivity index (χ3v) is 1.17. The van der Waals surface area contributed by atoms with E-state index in [0.717, 1.165) is 22.4 Å². The number of allylic oxidation sites excluding steroid dienone is 8. The molecule has 0 nitrogen and oxygen atoms in total. The van der Waals surface area contributed by atoms with E-state index in [9.17, 15) is 0 Å². The molecule has 0 aromatic rings. The van der Waals surface area contributed by atoms with Crippen LogP contribution >= 0.6 is 0 Å². The Kier molecular flexibility index (Phi) is 18.3. The van der Waals surface area contributed by atoms with Gasteiger partial charge in [0.15, 0.2) is 0 Å². The average Bonchev–Trinajstić information content (AvgIpc) is 2.85. The minimum absolute atomic E-state index is 0. The Morgan fingerprint density at radius 2 is 1.29 bits per heavy atom. The molecule has 0 heterocycles. The molecule has 0 saturated carbocycles. The predicted molar refractivity (Wildman–Crippen MR) is 62.0 cm³/mol. The Balaban J connectivity index is 0. The van der Waals surface area contributed by atoms with Crippen molar-refractivity contribution in [1.29, 1.82) is 0 Å². The van der Waals surface area contributed by atoms with Gasteiger partial charge < -0.3 is 0 Å². The van der Waals surface area contributed by atoms with Gasteiger partial charge in [0.1, 0.15) is 0 Å². The second-order valence-corrected chi connectivity index (χ2v) is 3.74. The van der Waals surface area contributed by atoms with Crippen LogP contribution in [0.4, 0.5) is 0 Å². The molecule has 2 rings (SSSR count). The van der Waals surface area contributed by atoms with Crippen molar-refractivity contribution in [2.75, 3.05) is 0 Å². The van der Waals surface area contributed by atoms with Crippen LogP contribution in [0.15, 0.2) is 36.5 Å². The largest absolute Gasteiger partial charge is 0.273 e. The molecule has 0 saturated heterocycles. The molecule has 0 spiro atoms. The molecule has 0 N–H and O–H groups in total. The molecular weight excluding hydrogens is 351 g/mol. The van der Waals surface area contributed by atoms with Gasteiger partial charge in [-0.3, -0.25) is 12.2 Å². The predicted octanol–water partition coefficient (Wildman–Crippen LogP) is 3.13. The van der Waals surface area contributed by atoms with Crippen molar-refractivity contribution in [2.45, 2.75) is 25.9 Å². The average molecular weight is 368 g/mol. The Morgan fingerprint density at radius 3 is 1.36 bits per heavy atom. The maximum absolute atomic E-state index is 2.99. The van der Waals surface area contributed by atoms with Crippen LogP contribution in [0.3, 0.4) is 0 Å². The molecule has 0 unspecified atom stereocenters. The zero-order chi connectivity index (χ0) is 9.78. The Bertz CT molecular complexity index is 160. The summed E-state index contributed by atoms with van der Waals surface area (Å²) in [7, 11) is 0.750. The van der Waals surface area contributed by atoms with E-state index in [2.05, 4.69) is 37.4 Å². The Hall–Kier alpha value is 0.0470. The quantitative estimate of drug-likeness (QED) is 0.456. The van der Waals surface area contributed by atoms with Gasteiger partial charge in [-0.1, -0.05) is 13.1 Å². The molecule has 1 radical (unpaired) electrons. The van der Waals surface area contributed by atoms with Crippen molar-refractivity contribution in [3.8, 4) is 0 Å². The summed E-state index contributed by atoms with van der Waals surface area (Å²) in [5, 5.41) is 0. The molecular formula is C12H17HfSi-2. The molecule has 2 aliphatic rings. The molecule has 14 heavy (non-hydrogen) atoms. The van der Waals surface area contributed by atoms with Crippen molar-refractivity contribution < 1.29 is 25.8 Å². The second-order valence-electron chi connectivity index (χ2n) is 2.58. The summed E-state index contributed by atoms with van der Waals surface area (Å²) >= 11 is 0. The molecule has 2 heteroatoms. The van der Waals surface area contributed by atoms with Crippen LogP contribution in [0, 0.1) is 12.2 Å². The number of hydrogen-bond acceptors (Lipinski definition) is 0. The normalized spacial score (nSPS) is 13.9. The van der Waals surface area contributed by atoms with Crippen LogP contribution in [0.25, 0.3) is 0 Å². The topological polar surface area (TPSA) is 0 Å². The van der Waals surface area contributed by atoms with Gasteiger partial charge in [0.05, 0.1) is 0 Å². The SMILES string of the molecule is C[SiH]C.[C-]1=CC=CC1.[C-]1=CC=CC1.[Hf]. The minimum atomic E-state index is 0. The summed E-state index contributed by atoms with van der Waals surface area (Å²) in [6.45, 7) is 4.42. The first kappa shape index (κ1) is 16.5. The molecule has 0 fully saturated rings. The third-order valence-electron chi connectivity index (χ3n) is 1.17. The molecule has 0 bridgehead atoms. The summed E-state index contributed by atoms with van der Waals surface area (Å²) < 4.78 is 0. The van der Waals surface area contributed by atoms with E-state index >= 15 is 0 Å². The van der Waals surface area contributed by atoms with Gasteiger partial charge in [-0.15, -0.1) is 12.8 Å². The first-order valence-electron chi connectivity index (χ1n) is 4.59. The van der Waals surface area contributed by atoms with E-state index in [0.29, 0.717) is 0 Å². The fourth-order valence-corrected chi connectivity index (χ4v) is 0.680. The fraction of sp³-hybridized carbons (Fsp3) is 0.333. The molecule has 75 valence electrons. The Labute approximate surface area is 109 Å². The van der Waals surface area contributed by atoms with E-state index in [4.69, 9.17) is 0 Å². The zero-order valence-electron chi connectivity index (χ0n) is 8.96. The van der Waals surface area contributed by atoms with E-state index in [1.54, 1.807) is 0 Å². The van der Waals surface area contributed by atoms with Gasteiger partial charge in [-0.25, -0.2) is 24.3 Å². The number of rotatable bonds is 0. The smallest absolute Gasteiger partial charge is 0.0213 e. The monoisotopic (exact) mass is 369 g/mol. The first-order chi connectivity index (χ1) is 6.41. The zero-order valence-corrected chi connectivity index (χ0v) is 13.7. The van der Waals surface area contributed by atoms with Crippen molar-refractivity contribution in [3.63, 3.8) is 0 Å². The molecule has 0 aromatic heterocycles. The van der Waals surface area contributed by atoms with Crippen LogP contribution in [0.2, 0.25) is 13.1 Å². The summed E-state index contributed by atoms with van der Waals surface area (Å²) in [5.41, 5.74) is 0. The van der Waals surface area contributed by atoms with E-state index in [1.807, 2.05) is 24.3 Å². The summed E-state index contributed by atoms with van der Waals surface area (Å²) in [4.78, 5) is 0. The standard InChI is InChI=1S/2C5H5.C2H7Si.Hf/c2*1-2-4-5-3-1;1-3-2;/h2*1-3H,4H2;3H,1-2H3;/q2*-1;;. The summed E-state index contributed by atoms with van der Waals surface area (Å²) in [6, 6.07) is 0. The van der Waals surface area contributed by atoms with Gasteiger partial charge in [0.2, 0.25) is 0 Å². The van der Waals surface area contributed by atoms with Crippen LogP contribution < -0.4 is 0 Å². The summed E-state index contributed by atoms with van der Waals surface area (Å²) in [5.74, 6) is 0. The van der Waals surface area contributed by atoms with Crippen LogP contribution in [0.1, 0.15) is 12.8 Å². The number of hydrogen-bond donors (Lipinski definition) is 0. The molecule has 0 aromatic carbocycles. The van der Waals surface area contributed by atoms with E-state index < -0.39 is 0 Å². The van der Waals surface area contributed by atoms with Gasteiger partial charge in [0, 0.05) is 35.4 Å². The summed E-state index contributed by atoms with van der Waals surface area (Å²) in [6.07, 6.45) is 20.0. The fourth-order valence-electron chi connectivity index (χ4n) is 0.680. The maximum atomic E-state index is 2.99.